The lowest BCUT2D eigenvalue weighted by Gasteiger charge is -2.30. The minimum Gasteiger partial charge on any atom is -0.497 e. The van der Waals surface area contributed by atoms with Gasteiger partial charge in [-0.1, -0.05) is 31.1 Å². The summed E-state index contributed by atoms with van der Waals surface area (Å²) in [6.07, 6.45) is 1.73. The molecule has 1 fully saturated rings. The molecule has 0 bridgehead atoms. The Hall–Kier alpha value is -3.35. The standard InChI is InChI=1S/C24H28N4O3/c1-16(2)17-6-10-20(11-7-17)25-23(29)19-5-4-14-28(15-19)24-26-22(27-31-24)18-8-12-21(30-3)13-9-18/h6-13,16,19H,4-5,14-15H2,1-3H3,(H,25,29)/t19-/m0/s1. The molecule has 0 unspecified atom stereocenters. The van der Waals surface area contributed by atoms with Crippen LogP contribution in [0.2, 0.25) is 0 Å². The van der Waals surface area contributed by atoms with Crippen LogP contribution in [0.15, 0.2) is 53.1 Å². The van der Waals surface area contributed by atoms with Crippen LogP contribution in [-0.4, -0.2) is 36.2 Å². The van der Waals surface area contributed by atoms with Crippen molar-refractivity contribution >= 4 is 17.6 Å². The van der Waals surface area contributed by atoms with E-state index in [1.807, 2.05) is 41.3 Å². The minimum atomic E-state index is -0.130. The molecule has 0 aliphatic carbocycles. The quantitative estimate of drug-likeness (QED) is 0.621. The van der Waals surface area contributed by atoms with Gasteiger partial charge in [0.25, 0.3) is 0 Å². The van der Waals surface area contributed by atoms with E-state index in [1.165, 1.54) is 5.56 Å². The number of carbonyl (C=O) groups excluding carboxylic acids is 1. The molecule has 1 aliphatic heterocycles. The second-order valence-electron chi connectivity index (χ2n) is 8.18. The summed E-state index contributed by atoms with van der Waals surface area (Å²) in [5.74, 6) is 1.66. The van der Waals surface area contributed by atoms with Gasteiger partial charge in [-0.15, -0.1) is 0 Å². The molecule has 2 aromatic carbocycles. The van der Waals surface area contributed by atoms with E-state index in [9.17, 15) is 4.79 Å². The topological polar surface area (TPSA) is 80.5 Å². The molecular formula is C24H28N4O3. The second kappa shape index (κ2) is 9.20. The highest BCUT2D eigenvalue weighted by atomic mass is 16.5. The number of nitrogens with one attached hydrogen (secondary N) is 1. The highest BCUT2D eigenvalue weighted by Crippen LogP contribution is 2.26. The van der Waals surface area contributed by atoms with Crippen LogP contribution >= 0.6 is 0 Å². The first-order chi connectivity index (χ1) is 15.0. The van der Waals surface area contributed by atoms with Crippen molar-refractivity contribution in [2.45, 2.75) is 32.6 Å². The van der Waals surface area contributed by atoms with Crippen LogP contribution in [0.25, 0.3) is 11.4 Å². The number of ether oxygens (including phenoxy) is 1. The largest absolute Gasteiger partial charge is 0.497 e. The van der Waals surface area contributed by atoms with Crippen LogP contribution in [0.3, 0.4) is 0 Å². The van der Waals surface area contributed by atoms with Crippen LogP contribution in [0.5, 0.6) is 5.75 Å². The van der Waals surface area contributed by atoms with Gasteiger partial charge < -0.3 is 19.5 Å². The predicted octanol–water partition coefficient (Wildman–Crippen LogP) is 4.72. The molecule has 7 nitrogen and oxygen atoms in total. The molecule has 4 rings (SSSR count). The summed E-state index contributed by atoms with van der Waals surface area (Å²) in [4.78, 5) is 19.4. The molecule has 0 radical (unpaired) electrons. The Morgan fingerprint density at radius 2 is 1.90 bits per heavy atom. The molecule has 1 atom stereocenters. The van der Waals surface area contributed by atoms with Crippen molar-refractivity contribution in [2.24, 2.45) is 5.92 Å². The number of hydrogen-bond donors (Lipinski definition) is 1. The zero-order valence-electron chi connectivity index (χ0n) is 18.2. The van der Waals surface area contributed by atoms with E-state index < -0.39 is 0 Å². The molecule has 2 heterocycles. The van der Waals surface area contributed by atoms with Crippen LogP contribution < -0.4 is 15.0 Å². The Morgan fingerprint density at radius 3 is 2.58 bits per heavy atom. The third-order valence-corrected chi connectivity index (χ3v) is 5.67. The van der Waals surface area contributed by atoms with Gasteiger partial charge in [-0.2, -0.15) is 4.98 Å². The van der Waals surface area contributed by atoms with Crippen molar-refractivity contribution in [1.82, 2.24) is 10.1 Å². The van der Waals surface area contributed by atoms with Crippen LogP contribution in [0, 0.1) is 5.92 Å². The predicted molar refractivity (Wildman–Crippen MR) is 120 cm³/mol. The number of benzene rings is 2. The third-order valence-electron chi connectivity index (χ3n) is 5.67. The molecular weight excluding hydrogens is 392 g/mol. The lowest BCUT2D eigenvalue weighted by molar-refractivity contribution is -0.120. The average molecular weight is 421 g/mol. The van der Waals surface area contributed by atoms with Gasteiger partial charge in [0.2, 0.25) is 11.7 Å². The fraction of sp³-hybridized carbons (Fsp3) is 0.375. The van der Waals surface area contributed by atoms with Crippen molar-refractivity contribution < 1.29 is 14.1 Å². The number of methoxy groups -OCH3 is 1. The average Bonchev–Trinajstić information content (AvgIpc) is 3.30. The number of amides is 1. The van der Waals surface area contributed by atoms with Gasteiger partial charge >= 0.3 is 6.01 Å². The number of rotatable bonds is 6. The van der Waals surface area contributed by atoms with Gasteiger partial charge in [0.1, 0.15) is 5.75 Å². The number of piperidine rings is 1. The zero-order valence-corrected chi connectivity index (χ0v) is 18.2. The number of aromatic nitrogens is 2. The highest BCUT2D eigenvalue weighted by Gasteiger charge is 2.28. The molecule has 1 N–H and O–H groups in total. The van der Waals surface area contributed by atoms with Crippen molar-refractivity contribution in [3.63, 3.8) is 0 Å². The van der Waals surface area contributed by atoms with Gasteiger partial charge in [0.15, 0.2) is 0 Å². The molecule has 1 aliphatic rings. The van der Waals surface area contributed by atoms with Crippen LogP contribution in [-0.2, 0) is 4.79 Å². The van der Waals surface area contributed by atoms with Crippen molar-refractivity contribution in [3.05, 3.63) is 54.1 Å². The van der Waals surface area contributed by atoms with Crippen LogP contribution in [0.4, 0.5) is 11.7 Å². The highest BCUT2D eigenvalue weighted by molar-refractivity contribution is 5.93. The number of nitrogens with zero attached hydrogens (tertiary/aromatic N) is 3. The maximum atomic E-state index is 12.8. The van der Waals surface area contributed by atoms with E-state index >= 15 is 0 Å². The normalized spacial score (nSPS) is 16.4. The lowest BCUT2D eigenvalue weighted by atomic mass is 9.97. The summed E-state index contributed by atoms with van der Waals surface area (Å²) in [6, 6.07) is 16.0. The van der Waals surface area contributed by atoms with E-state index in [4.69, 9.17) is 9.26 Å². The number of anilines is 2. The molecule has 0 spiro atoms. The maximum Gasteiger partial charge on any atom is 0.324 e. The molecule has 0 saturated carbocycles. The van der Waals surface area contributed by atoms with Crippen molar-refractivity contribution in [1.29, 1.82) is 0 Å². The van der Waals surface area contributed by atoms with Gasteiger partial charge in [0, 0.05) is 24.3 Å². The number of hydrogen-bond acceptors (Lipinski definition) is 6. The Bertz CT molecular complexity index is 1010. The van der Waals surface area contributed by atoms with Crippen LogP contribution in [0.1, 0.15) is 38.2 Å². The summed E-state index contributed by atoms with van der Waals surface area (Å²) in [5, 5.41) is 7.16. The van der Waals surface area contributed by atoms with Gasteiger partial charge in [0.05, 0.1) is 13.0 Å². The molecule has 1 amide bonds. The Labute approximate surface area is 182 Å². The molecule has 162 valence electrons. The molecule has 1 saturated heterocycles. The molecule has 3 aromatic rings. The van der Waals surface area contributed by atoms with Crippen molar-refractivity contribution in [2.75, 3.05) is 30.4 Å². The van der Waals surface area contributed by atoms with E-state index in [2.05, 4.69) is 41.4 Å². The first kappa shape index (κ1) is 20.9. The van der Waals surface area contributed by atoms with Crippen molar-refractivity contribution in [3.8, 4) is 17.1 Å². The van der Waals surface area contributed by atoms with E-state index in [0.29, 0.717) is 24.3 Å². The van der Waals surface area contributed by atoms with Gasteiger partial charge in [-0.3, -0.25) is 4.79 Å². The molecule has 1 aromatic heterocycles. The summed E-state index contributed by atoms with van der Waals surface area (Å²) in [6.45, 7) is 5.65. The molecule has 7 heteroatoms. The summed E-state index contributed by atoms with van der Waals surface area (Å²) >= 11 is 0. The van der Waals surface area contributed by atoms with E-state index in [0.717, 1.165) is 36.4 Å². The first-order valence-corrected chi connectivity index (χ1v) is 10.7. The lowest BCUT2D eigenvalue weighted by Crippen LogP contribution is -2.41. The monoisotopic (exact) mass is 420 g/mol. The summed E-state index contributed by atoms with van der Waals surface area (Å²) in [5.41, 5.74) is 2.93. The third kappa shape index (κ3) is 4.87. The van der Waals surface area contributed by atoms with E-state index in [1.54, 1.807) is 7.11 Å². The Balaban J connectivity index is 1.40. The van der Waals surface area contributed by atoms with Gasteiger partial charge in [-0.05, 0) is 60.7 Å². The SMILES string of the molecule is COc1ccc(-c2noc(N3CCC[C@H](C(=O)Nc4ccc(C(C)C)cc4)C3)n2)cc1. The minimum absolute atomic E-state index is 0.0249. The summed E-state index contributed by atoms with van der Waals surface area (Å²) in [7, 11) is 1.63. The Kier molecular flexibility index (Phi) is 6.21. The zero-order chi connectivity index (χ0) is 21.8. The maximum absolute atomic E-state index is 12.8. The van der Waals surface area contributed by atoms with E-state index in [-0.39, 0.29) is 11.8 Å². The Morgan fingerprint density at radius 1 is 1.16 bits per heavy atom. The smallest absolute Gasteiger partial charge is 0.324 e. The second-order valence-corrected chi connectivity index (χ2v) is 8.18. The summed E-state index contributed by atoms with van der Waals surface area (Å²) < 4.78 is 10.7. The number of carbonyl (C=O) groups is 1. The fourth-order valence-electron chi connectivity index (χ4n) is 3.76. The molecule has 31 heavy (non-hydrogen) atoms. The van der Waals surface area contributed by atoms with Gasteiger partial charge in [-0.25, -0.2) is 0 Å². The first-order valence-electron chi connectivity index (χ1n) is 10.7. The fourth-order valence-corrected chi connectivity index (χ4v) is 3.76.